The van der Waals surface area contributed by atoms with E-state index < -0.39 is 10.0 Å². The van der Waals surface area contributed by atoms with Crippen molar-refractivity contribution in [2.75, 3.05) is 30.8 Å². The Bertz CT molecular complexity index is 626. The third-order valence-electron chi connectivity index (χ3n) is 3.54. The first-order valence-electron chi connectivity index (χ1n) is 7.12. The predicted octanol–water partition coefficient (Wildman–Crippen LogP) is 1.49. The Balaban J connectivity index is 2.14. The number of amides is 1. The number of benzene rings is 1. The third-order valence-corrected chi connectivity index (χ3v) is 4.75. The number of hydrogen-bond donors (Lipinski definition) is 0. The van der Waals surface area contributed by atoms with E-state index in [0.29, 0.717) is 13.1 Å². The van der Waals surface area contributed by atoms with E-state index in [4.69, 9.17) is 0 Å². The molecule has 0 aliphatic carbocycles. The van der Waals surface area contributed by atoms with Crippen LogP contribution < -0.4 is 4.90 Å². The van der Waals surface area contributed by atoms with Gasteiger partial charge in [-0.3, -0.25) is 4.79 Å². The van der Waals surface area contributed by atoms with Gasteiger partial charge in [-0.25, -0.2) is 8.42 Å². The lowest BCUT2D eigenvalue weighted by atomic mass is 10.2. The maximum Gasteiger partial charge on any atom is 0.242 e. The van der Waals surface area contributed by atoms with E-state index in [1.54, 1.807) is 4.90 Å². The van der Waals surface area contributed by atoms with Gasteiger partial charge in [-0.15, -0.1) is 0 Å². The normalized spacial score (nSPS) is 14.8. The van der Waals surface area contributed by atoms with Gasteiger partial charge in [0.2, 0.25) is 15.9 Å². The first kappa shape index (κ1) is 16.0. The minimum absolute atomic E-state index is 0.0919. The summed E-state index contributed by atoms with van der Waals surface area (Å²) in [6.45, 7) is 4.77. The van der Waals surface area contributed by atoms with Crippen molar-refractivity contribution in [2.45, 2.75) is 20.3 Å². The quantitative estimate of drug-likeness (QED) is 0.828. The van der Waals surface area contributed by atoms with Crippen molar-refractivity contribution in [3.63, 3.8) is 0 Å². The maximum absolute atomic E-state index is 12.5. The molecule has 1 aliphatic heterocycles. The maximum atomic E-state index is 12.5. The average molecular weight is 310 g/mol. The number of sulfonamides is 1. The number of nitrogens with zero attached hydrogens (tertiary/aromatic N) is 2. The summed E-state index contributed by atoms with van der Waals surface area (Å²) in [7, 11) is -3.38. The van der Waals surface area contributed by atoms with Crippen LogP contribution in [0.25, 0.3) is 0 Å². The molecule has 6 heteroatoms. The molecule has 0 N–H and O–H groups in total. The highest BCUT2D eigenvalue weighted by atomic mass is 32.2. The fourth-order valence-electron chi connectivity index (χ4n) is 2.56. The topological polar surface area (TPSA) is 57.7 Å². The summed E-state index contributed by atoms with van der Waals surface area (Å²) in [6.07, 6.45) is 1.98. The van der Waals surface area contributed by atoms with E-state index >= 15 is 0 Å². The summed E-state index contributed by atoms with van der Waals surface area (Å²) in [5.74, 6) is 0.0180. The first-order chi connectivity index (χ1) is 9.79. The first-order valence-corrected chi connectivity index (χ1v) is 8.97. The van der Waals surface area contributed by atoms with Gasteiger partial charge in [0.05, 0.1) is 12.8 Å². The number of para-hydroxylation sites is 1. The SMILES string of the molecule is CC(C)CN(CC(=O)N1CCc2ccccc21)S(C)(=O)=O. The third kappa shape index (κ3) is 3.83. The number of hydrogen-bond acceptors (Lipinski definition) is 3. The van der Waals surface area contributed by atoms with E-state index in [0.717, 1.165) is 23.9 Å². The van der Waals surface area contributed by atoms with Crippen molar-refractivity contribution in [2.24, 2.45) is 5.92 Å². The summed E-state index contributed by atoms with van der Waals surface area (Å²) in [5.41, 5.74) is 2.04. The summed E-state index contributed by atoms with van der Waals surface area (Å²) in [4.78, 5) is 14.2. The molecule has 0 bridgehead atoms. The van der Waals surface area contributed by atoms with Gasteiger partial charge in [0.25, 0.3) is 0 Å². The highest BCUT2D eigenvalue weighted by Crippen LogP contribution is 2.27. The number of anilines is 1. The Hall–Kier alpha value is -1.40. The van der Waals surface area contributed by atoms with Gasteiger partial charge in [0.1, 0.15) is 0 Å². The van der Waals surface area contributed by atoms with Crippen LogP contribution in [-0.2, 0) is 21.2 Å². The zero-order valence-electron chi connectivity index (χ0n) is 12.7. The summed E-state index contributed by atoms with van der Waals surface area (Å²) in [5, 5.41) is 0. The van der Waals surface area contributed by atoms with Gasteiger partial charge < -0.3 is 4.90 Å². The number of rotatable bonds is 5. The molecule has 1 heterocycles. The number of fused-ring (bicyclic) bond motifs is 1. The molecule has 1 aromatic rings. The van der Waals surface area contributed by atoms with Gasteiger partial charge in [-0.1, -0.05) is 32.0 Å². The average Bonchev–Trinajstić information content (AvgIpc) is 2.80. The summed E-state index contributed by atoms with van der Waals surface area (Å²) < 4.78 is 24.9. The highest BCUT2D eigenvalue weighted by Gasteiger charge is 2.28. The fourth-order valence-corrected chi connectivity index (χ4v) is 3.47. The van der Waals surface area contributed by atoms with Crippen LogP contribution >= 0.6 is 0 Å². The van der Waals surface area contributed by atoms with Crippen LogP contribution in [0.3, 0.4) is 0 Å². The Labute approximate surface area is 126 Å². The molecule has 0 atom stereocenters. The second-order valence-corrected chi connectivity index (χ2v) is 7.86. The molecule has 0 saturated heterocycles. The minimum Gasteiger partial charge on any atom is -0.311 e. The fraction of sp³-hybridized carbons (Fsp3) is 0.533. The number of carbonyl (C=O) groups is 1. The zero-order chi connectivity index (χ0) is 15.6. The van der Waals surface area contributed by atoms with Gasteiger partial charge >= 0.3 is 0 Å². The second kappa shape index (κ2) is 6.15. The molecule has 21 heavy (non-hydrogen) atoms. The lowest BCUT2D eigenvalue weighted by Gasteiger charge is -2.24. The molecule has 0 fully saturated rings. The largest absolute Gasteiger partial charge is 0.311 e. The van der Waals surface area contributed by atoms with E-state index in [1.807, 2.05) is 38.1 Å². The lowest BCUT2D eigenvalue weighted by molar-refractivity contribution is -0.118. The van der Waals surface area contributed by atoms with Gasteiger partial charge in [-0.05, 0) is 24.0 Å². The molecule has 1 aromatic carbocycles. The molecular formula is C15H22N2O3S. The molecule has 5 nitrogen and oxygen atoms in total. The van der Waals surface area contributed by atoms with Gasteiger partial charge in [0, 0.05) is 18.8 Å². The Morgan fingerprint density at radius 2 is 2.00 bits per heavy atom. The zero-order valence-corrected chi connectivity index (χ0v) is 13.6. The van der Waals surface area contributed by atoms with Crippen molar-refractivity contribution in [1.82, 2.24) is 4.31 Å². The van der Waals surface area contributed by atoms with Gasteiger partial charge in [-0.2, -0.15) is 4.31 Å². The van der Waals surface area contributed by atoms with Crippen LogP contribution in [0.5, 0.6) is 0 Å². The molecule has 2 rings (SSSR count). The van der Waals surface area contributed by atoms with E-state index in [1.165, 1.54) is 4.31 Å². The standard InChI is InChI=1S/C15H22N2O3S/c1-12(2)10-16(21(3,19)20)11-15(18)17-9-8-13-6-4-5-7-14(13)17/h4-7,12H,8-11H2,1-3H3. The molecule has 0 saturated carbocycles. The highest BCUT2D eigenvalue weighted by molar-refractivity contribution is 7.88. The van der Waals surface area contributed by atoms with Crippen LogP contribution in [0, 0.1) is 5.92 Å². The van der Waals surface area contributed by atoms with Crippen LogP contribution in [0.15, 0.2) is 24.3 Å². The monoisotopic (exact) mass is 310 g/mol. The molecule has 116 valence electrons. The molecular weight excluding hydrogens is 288 g/mol. The molecule has 1 amide bonds. The Kier molecular flexibility index (Phi) is 4.68. The van der Waals surface area contributed by atoms with Crippen LogP contribution in [0.2, 0.25) is 0 Å². The van der Waals surface area contributed by atoms with Gasteiger partial charge in [0.15, 0.2) is 0 Å². The Morgan fingerprint density at radius 3 is 2.62 bits per heavy atom. The summed E-state index contributed by atoms with van der Waals surface area (Å²) >= 11 is 0. The number of carbonyl (C=O) groups excluding carboxylic acids is 1. The molecule has 0 aromatic heterocycles. The van der Waals surface area contributed by atoms with Crippen molar-refractivity contribution in [3.8, 4) is 0 Å². The molecule has 0 radical (unpaired) electrons. The Morgan fingerprint density at radius 1 is 1.33 bits per heavy atom. The van der Waals surface area contributed by atoms with Crippen molar-refractivity contribution >= 4 is 21.6 Å². The van der Waals surface area contributed by atoms with Crippen molar-refractivity contribution < 1.29 is 13.2 Å². The molecule has 0 spiro atoms. The van der Waals surface area contributed by atoms with Crippen LogP contribution in [0.4, 0.5) is 5.69 Å². The summed E-state index contributed by atoms with van der Waals surface area (Å²) in [6, 6.07) is 7.76. The van der Waals surface area contributed by atoms with E-state index in [2.05, 4.69) is 0 Å². The van der Waals surface area contributed by atoms with E-state index in [9.17, 15) is 13.2 Å². The van der Waals surface area contributed by atoms with Crippen LogP contribution in [-0.4, -0.2) is 44.5 Å². The second-order valence-electron chi connectivity index (χ2n) is 5.87. The smallest absolute Gasteiger partial charge is 0.242 e. The van der Waals surface area contributed by atoms with E-state index in [-0.39, 0.29) is 18.4 Å². The molecule has 1 aliphatic rings. The minimum atomic E-state index is -3.38. The van der Waals surface area contributed by atoms with Crippen molar-refractivity contribution in [3.05, 3.63) is 29.8 Å². The lowest BCUT2D eigenvalue weighted by Crippen LogP contribution is -2.43. The molecule has 0 unspecified atom stereocenters. The van der Waals surface area contributed by atoms with Crippen LogP contribution in [0.1, 0.15) is 19.4 Å². The predicted molar refractivity (Wildman–Crippen MR) is 83.8 cm³/mol. The van der Waals surface area contributed by atoms with Crippen molar-refractivity contribution in [1.29, 1.82) is 0 Å².